The second-order valence-corrected chi connectivity index (χ2v) is 10.8. The average Bonchev–Trinajstić information content (AvgIpc) is 3.45. The summed E-state index contributed by atoms with van der Waals surface area (Å²) in [6, 6.07) is 9.96. The highest BCUT2D eigenvalue weighted by Crippen LogP contribution is 2.27. The van der Waals surface area contributed by atoms with Crippen molar-refractivity contribution >= 4 is 33.4 Å². The number of anilines is 1. The minimum Gasteiger partial charge on any atom is -0.461 e. The van der Waals surface area contributed by atoms with Gasteiger partial charge in [-0.25, -0.2) is 8.42 Å². The van der Waals surface area contributed by atoms with Gasteiger partial charge in [-0.15, -0.1) is 10.2 Å². The first-order valence-corrected chi connectivity index (χ1v) is 12.7. The molecule has 0 saturated carbocycles. The van der Waals surface area contributed by atoms with Crippen molar-refractivity contribution in [1.29, 1.82) is 0 Å². The fourth-order valence-electron chi connectivity index (χ4n) is 3.48. The lowest BCUT2D eigenvalue weighted by molar-refractivity contribution is -0.115. The Bertz CT molecular complexity index is 1180. The van der Waals surface area contributed by atoms with Gasteiger partial charge in [-0.3, -0.25) is 4.79 Å². The van der Waals surface area contributed by atoms with Crippen molar-refractivity contribution in [3.63, 3.8) is 0 Å². The first-order valence-electron chi connectivity index (χ1n) is 10.4. The maximum Gasteiger partial charge on any atom is 0.243 e. The number of aromatic nitrogens is 3. The molecule has 1 unspecified atom stereocenters. The maximum absolute atomic E-state index is 12.9. The molecule has 1 aliphatic heterocycles. The Balaban J connectivity index is 1.43. The number of furan rings is 1. The van der Waals surface area contributed by atoms with Gasteiger partial charge in [-0.05, 0) is 50.1 Å². The summed E-state index contributed by atoms with van der Waals surface area (Å²) in [6.45, 7) is 2.82. The van der Waals surface area contributed by atoms with E-state index in [1.165, 1.54) is 22.1 Å². The number of thioether (sulfide) groups is 1. The molecule has 0 bridgehead atoms. The third-order valence-electron chi connectivity index (χ3n) is 5.28. The number of hydrogen-bond donors (Lipinski definition) is 1. The van der Waals surface area contributed by atoms with Crippen LogP contribution in [0.1, 0.15) is 26.2 Å². The van der Waals surface area contributed by atoms with E-state index in [-0.39, 0.29) is 10.8 Å². The van der Waals surface area contributed by atoms with Crippen LogP contribution < -0.4 is 5.32 Å². The highest BCUT2D eigenvalue weighted by Gasteiger charge is 2.26. The van der Waals surface area contributed by atoms with Gasteiger partial charge in [0, 0.05) is 25.8 Å². The van der Waals surface area contributed by atoms with E-state index in [4.69, 9.17) is 4.42 Å². The van der Waals surface area contributed by atoms with E-state index in [1.807, 2.05) is 0 Å². The van der Waals surface area contributed by atoms with Crippen LogP contribution >= 0.6 is 11.8 Å². The van der Waals surface area contributed by atoms with Gasteiger partial charge in [-0.2, -0.15) is 4.31 Å². The second kappa shape index (κ2) is 9.47. The van der Waals surface area contributed by atoms with Gasteiger partial charge in [0.1, 0.15) is 0 Å². The third kappa shape index (κ3) is 4.74. The van der Waals surface area contributed by atoms with Gasteiger partial charge >= 0.3 is 0 Å². The zero-order chi connectivity index (χ0) is 22.7. The maximum atomic E-state index is 12.9. The van der Waals surface area contributed by atoms with Crippen molar-refractivity contribution in [1.82, 2.24) is 19.1 Å². The van der Waals surface area contributed by atoms with Gasteiger partial charge in [0.2, 0.25) is 15.9 Å². The summed E-state index contributed by atoms with van der Waals surface area (Å²) in [6.07, 6.45) is 4.35. The molecule has 32 heavy (non-hydrogen) atoms. The molecule has 0 aliphatic carbocycles. The number of sulfonamides is 1. The number of nitrogens with zero attached hydrogens (tertiary/aromatic N) is 4. The topological polar surface area (TPSA) is 110 Å². The molecule has 170 valence electrons. The fourth-order valence-corrected chi connectivity index (χ4v) is 5.86. The Morgan fingerprint density at radius 2 is 1.94 bits per heavy atom. The second-order valence-electron chi connectivity index (χ2n) is 7.58. The van der Waals surface area contributed by atoms with Crippen LogP contribution in [-0.4, -0.2) is 51.7 Å². The van der Waals surface area contributed by atoms with Crippen LogP contribution in [0.15, 0.2) is 57.1 Å². The minimum absolute atomic E-state index is 0.189. The Morgan fingerprint density at radius 3 is 2.66 bits per heavy atom. The molecule has 1 fully saturated rings. The number of carbonyl (C=O) groups is 1. The quantitative estimate of drug-likeness (QED) is 0.522. The Kier molecular flexibility index (Phi) is 6.68. The normalized spacial score (nSPS) is 16.1. The number of hydrogen-bond acceptors (Lipinski definition) is 7. The Labute approximate surface area is 191 Å². The lowest BCUT2D eigenvalue weighted by atomic mass is 10.2. The van der Waals surface area contributed by atoms with E-state index in [0.29, 0.717) is 35.5 Å². The molecule has 0 spiro atoms. The summed E-state index contributed by atoms with van der Waals surface area (Å²) in [7, 11) is -1.76. The van der Waals surface area contributed by atoms with Crippen molar-refractivity contribution < 1.29 is 17.6 Å². The van der Waals surface area contributed by atoms with Gasteiger partial charge in [0.15, 0.2) is 16.7 Å². The molecule has 1 N–H and O–H groups in total. The van der Waals surface area contributed by atoms with Gasteiger partial charge < -0.3 is 14.3 Å². The lowest BCUT2D eigenvalue weighted by Crippen LogP contribution is -2.35. The smallest absolute Gasteiger partial charge is 0.243 e. The summed E-state index contributed by atoms with van der Waals surface area (Å²) in [5.41, 5.74) is 0.440. The highest BCUT2D eigenvalue weighted by molar-refractivity contribution is 8.00. The molecule has 4 rings (SSSR count). The van der Waals surface area contributed by atoms with Crippen LogP contribution in [0.5, 0.6) is 0 Å². The SMILES string of the molecule is CC(Sc1nnc(-c2ccco2)n1C)C(=O)Nc1cccc(S(=O)(=O)N2CCCCC2)c1. The average molecular weight is 476 g/mol. The standard InChI is InChI=1S/C21H25N5O4S2/c1-15(31-21-24-23-19(25(21)2)18-10-7-13-30-18)20(27)22-16-8-6-9-17(14-16)32(28,29)26-11-4-3-5-12-26/h6-10,13-15H,3-5,11-12H2,1-2H3,(H,22,27). The van der Waals surface area contributed by atoms with Gasteiger partial charge in [0.25, 0.3) is 0 Å². The highest BCUT2D eigenvalue weighted by atomic mass is 32.2. The van der Waals surface area contributed by atoms with Crippen LogP contribution in [0, 0.1) is 0 Å². The number of carbonyl (C=O) groups excluding carboxylic acids is 1. The zero-order valence-electron chi connectivity index (χ0n) is 17.9. The number of rotatable bonds is 7. The molecule has 1 saturated heterocycles. The first kappa shape index (κ1) is 22.6. The van der Waals surface area contributed by atoms with Crippen LogP contribution in [0.25, 0.3) is 11.6 Å². The van der Waals surface area contributed by atoms with E-state index in [0.717, 1.165) is 19.3 Å². The minimum atomic E-state index is -3.57. The van der Waals surface area contributed by atoms with Crippen molar-refractivity contribution in [2.75, 3.05) is 18.4 Å². The molecule has 9 nitrogen and oxygen atoms in total. The van der Waals surface area contributed by atoms with Gasteiger partial charge in [0.05, 0.1) is 16.4 Å². The largest absolute Gasteiger partial charge is 0.461 e. The molecule has 2 aromatic heterocycles. The first-order chi connectivity index (χ1) is 15.4. The number of piperidine rings is 1. The number of nitrogens with one attached hydrogen (secondary N) is 1. The number of benzene rings is 1. The van der Waals surface area contributed by atoms with E-state index in [1.54, 1.807) is 55.1 Å². The van der Waals surface area contributed by atoms with Crippen molar-refractivity contribution in [2.24, 2.45) is 7.05 Å². The molecule has 3 aromatic rings. The van der Waals surface area contributed by atoms with E-state index >= 15 is 0 Å². The molecule has 11 heteroatoms. The van der Waals surface area contributed by atoms with Crippen molar-refractivity contribution in [2.45, 2.75) is 41.5 Å². The zero-order valence-corrected chi connectivity index (χ0v) is 19.5. The molecule has 1 aliphatic rings. The summed E-state index contributed by atoms with van der Waals surface area (Å²) in [5, 5.41) is 11.2. The molecule has 1 aromatic carbocycles. The monoisotopic (exact) mass is 475 g/mol. The third-order valence-corrected chi connectivity index (χ3v) is 8.31. The van der Waals surface area contributed by atoms with Crippen LogP contribution in [-0.2, 0) is 21.9 Å². The Morgan fingerprint density at radius 1 is 1.16 bits per heavy atom. The summed E-state index contributed by atoms with van der Waals surface area (Å²) in [4.78, 5) is 12.9. The molecular weight excluding hydrogens is 450 g/mol. The summed E-state index contributed by atoms with van der Waals surface area (Å²) >= 11 is 1.26. The lowest BCUT2D eigenvalue weighted by Gasteiger charge is -2.26. The summed E-state index contributed by atoms with van der Waals surface area (Å²) in [5.74, 6) is 0.904. The molecule has 1 amide bonds. The van der Waals surface area contributed by atoms with E-state index in [9.17, 15) is 13.2 Å². The summed E-state index contributed by atoms with van der Waals surface area (Å²) < 4.78 is 34.5. The van der Waals surface area contributed by atoms with Crippen LogP contribution in [0.3, 0.4) is 0 Å². The fraction of sp³-hybridized carbons (Fsp3) is 0.381. The van der Waals surface area contributed by atoms with Gasteiger partial charge in [-0.1, -0.05) is 24.2 Å². The molecule has 3 heterocycles. The molecular formula is C21H25N5O4S2. The predicted molar refractivity (Wildman–Crippen MR) is 122 cm³/mol. The predicted octanol–water partition coefficient (Wildman–Crippen LogP) is 3.37. The van der Waals surface area contributed by atoms with Crippen molar-refractivity contribution in [3.8, 4) is 11.6 Å². The number of amides is 1. The van der Waals surface area contributed by atoms with Crippen LogP contribution in [0.2, 0.25) is 0 Å². The molecule has 1 atom stereocenters. The van der Waals surface area contributed by atoms with E-state index in [2.05, 4.69) is 15.5 Å². The van der Waals surface area contributed by atoms with Crippen LogP contribution in [0.4, 0.5) is 5.69 Å². The Hall–Kier alpha value is -2.63. The van der Waals surface area contributed by atoms with Crippen molar-refractivity contribution in [3.05, 3.63) is 42.7 Å². The van der Waals surface area contributed by atoms with E-state index < -0.39 is 15.3 Å². The molecule has 0 radical (unpaired) electrons.